The molecule has 3 aromatic rings. The number of rotatable bonds is 17. The van der Waals surface area contributed by atoms with Gasteiger partial charge in [-0.15, -0.1) is 0 Å². The van der Waals surface area contributed by atoms with Crippen LogP contribution in [0.3, 0.4) is 0 Å². The Bertz CT molecular complexity index is 1680. The maximum atomic E-state index is 13.9. The van der Waals surface area contributed by atoms with Crippen LogP contribution in [0.15, 0.2) is 83.8 Å². The zero-order chi connectivity index (χ0) is 36.4. The predicted molar refractivity (Wildman–Crippen MR) is 184 cm³/mol. The summed E-state index contributed by atoms with van der Waals surface area (Å²) in [6.07, 6.45) is -1.28. The first-order valence-electron chi connectivity index (χ1n) is 16.0. The van der Waals surface area contributed by atoms with Crippen LogP contribution < -0.4 is 16.0 Å². The minimum atomic E-state index is -4.30. The van der Waals surface area contributed by atoms with Crippen molar-refractivity contribution in [2.24, 2.45) is 11.3 Å². The summed E-state index contributed by atoms with van der Waals surface area (Å²) in [7, 11) is -4.30. The summed E-state index contributed by atoms with van der Waals surface area (Å²) in [4.78, 5) is 37.2. The number of halogens is 1. The second kappa shape index (κ2) is 17.4. The lowest BCUT2D eigenvalue weighted by Crippen LogP contribution is -2.59. The first-order valence-corrected chi connectivity index (χ1v) is 17.4. The lowest BCUT2D eigenvalue weighted by atomic mass is 9.85. The van der Waals surface area contributed by atoms with Gasteiger partial charge in [0.05, 0.1) is 28.5 Å². The van der Waals surface area contributed by atoms with Crippen molar-refractivity contribution in [2.75, 3.05) is 19.6 Å². The summed E-state index contributed by atoms with van der Waals surface area (Å²) >= 11 is 0. The van der Waals surface area contributed by atoms with Crippen LogP contribution in [0.1, 0.15) is 45.7 Å². The van der Waals surface area contributed by atoms with Crippen LogP contribution in [0.4, 0.5) is 10.1 Å². The Morgan fingerprint density at radius 3 is 2.20 bits per heavy atom. The number of aliphatic hydroxyl groups excluding tert-OH is 1. The van der Waals surface area contributed by atoms with Gasteiger partial charge in [-0.25, -0.2) is 12.8 Å². The third-order valence-electron chi connectivity index (χ3n) is 7.65. The second-order valence-electron chi connectivity index (χ2n) is 13.4. The Morgan fingerprint density at radius 2 is 1.59 bits per heavy atom. The molecule has 0 aromatic heterocycles. The molecular weight excluding hydrogens is 653 g/mol. The van der Waals surface area contributed by atoms with Crippen molar-refractivity contribution >= 4 is 27.5 Å². The molecule has 0 aliphatic rings. The molecule has 2 amide bonds. The average molecular weight is 700 g/mol. The molecule has 4 N–H and O–H groups in total. The van der Waals surface area contributed by atoms with Gasteiger partial charge in [-0.05, 0) is 47.1 Å². The quantitative estimate of drug-likeness (QED) is 0.122. The minimum absolute atomic E-state index is 0.00259. The fourth-order valence-corrected chi connectivity index (χ4v) is 6.85. The first-order chi connectivity index (χ1) is 23.0. The van der Waals surface area contributed by atoms with Gasteiger partial charge in [-0.2, -0.15) is 4.31 Å². The average Bonchev–Trinajstić information content (AvgIpc) is 3.02. The molecule has 0 radical (unpaired) electrons. The van der Waals surface area contributed by atoms with E-state index in [1.165, 1.54) is 30.3 Å². The molecule has 3 aromatic carbocycles. The van der Waals surface area contributed by atoms with Gasteiger partial charge in [-0.1, -0.05) is 83.1 Å². The van der Waals surface area contributed by atoms with Crippen molar-refractivity contribution in [3.8, 4) is 0 Å². The highest BCUT2D eigenvalue weighted by Gasteiger charge is 2.37. The van der Waals surface area contributed by atoms with Gasteiger partial charge in [0.15, 0.2) is 0 Å². The molecule has 0 aliphatic carbocycles. The Kier molecular flexibility index (Phi) is 13.9. The second-order valence-corrected chi connectivity index (χ2v) is 15.4. The summed E-state index contributed by atoms with van der Waals surface area (Å²) in [5.41, 5.74) is 0.260. The molecule has 0 heterocycles. The maximum Gasteiger partial charge on any atom is 0.270 e. The molecule has 49 heavy (non-hydrogen) atoms. The number of nitrogens with zero attached hydrogens (tertiary/aromatic N) is 2. The van der Waals surface area contributed by atoms with Gasteiger partial charge in [0.1, 0.15) is 11.9 Å². The summed E-state index contributed by atoms with van der Waals surface area (Å²) in [5, 5.41) is 31.5. The highest BCUT2D eigenvalue weighted by atomic mass is 32.2. The maximum absolute atomic E-state index is 13.9. The number of amides is 2. The molecule has 2 unspecified atom stereocenters. The van der Waals surface area contributed by atoms with E-state index in [1.54, 1.807) is 58.9 Å². The smallest absolute Gasteiger partial charge is 0.270 e. The van der Waals surface area contributed by atoms with Crippen molar-refractivity contribution in [3.63, 3.8) is 0 Å². The van der Waals surface area contributed by atoms with Gasteiger partial charge in [0.25, 0.3) is 5.69 Å². The van der Waals surface area contributed by atoms with E-state index in [0.29, 0.717) is 5.56 Å². The highest BCUT2D eigenvalue weighted by molar-refractivity contribution is 7.89. The molecule has 3 rings (SSSR count). The molecule has 0 bridgehead atoms. The Labute approximate surface area is 287 Å². The lowest BCUT2D eigenvalue weighted by molar-refractivity contribution is -0.385. The van der Waals surface area contributed by atoms with Crippen molar-refractivity contribution in [1.29, 1.82) is 0 Å². The Hall–Kier alpha value is -4.24. The zero-order valence-corrected chi connectivity index (χ0v) is 29.2. The largest absolute Gasteiger partial charge is 0.390 e. The van der Waals surface area contributed by atoms with Gasteiger partial charge in [0, 0.05) is 31.8 Å². The third kappa shape index (κ3) is 12.0. The van der Waals surface area contributed by atoms with E-state index in [4.69, 9.17) is 0 Å². The Balaban J connectivity index is 1.83. The van der Waals surface area contributed by atoms with E-state index in [2.05, 4.69) is 16.0 Å². The fourth-order valence-electron chi connectivity index (χ4n) is 5.19. The van der Waals surface area contributed by atoms with Crippen molar-refractivity contribution in [1.82, 2.24) is 20.3 Å². The van der Waals surface area contributed by atoms with Crippen LogP contribution in [-0.4, -0.2) is 72.4 Å². The SMILES string of the molecule is CC(C)CN(CC(O)C(Cc1ccccc1)NC(=O)[C@@H](NC(=O)CNCc1cccc(F)c1)C(C)(C)C)S(=O)(=O)c1cccc([N+](=O)[O-])c1. The zero-order valence-electron chi connectivity index (χ0n) is 28.4. The predicted octanol–water partition coefficient (Wildman–Crippen LogP) is 3.79. The standard InChI is InChI=1S/C35H46FN5O7S/c1-24(2)22-40(49(47,48)29-16-10-15-28(19-29)41(45)46)23-31(42)30(18-25-11-7-6-8-12-25)38-34(44)33(35(3,4)5)39-32(43)21-37-20-26-13-9-14-27(36)17-26/h6-17,19,24,30-31,33,37,42H,18,20-23H2,1-5H3,(H,38,44)(H,39,43)/t30?,31?,33-/m1/s1. The molecule has 0 saturated heterocycles. The topological polar surface area (TPSA) is 171 Å². The van der Waals surface area contributed by atoms with E-state index in [0.717, 1.165) is 15.9 Å². The number of hydrogen-bond acceptors (Lipinski definition) is 8. The minimum Gasteiger partial charge on any atom is -0.390 e. The summed E-state index contributed by atoms with van der Waals surface area (Å²) in [5.74, 6) is -1.62. The number of hydrogen-bond donors (Lipinski definition) is 4. The molecule has 0 aliphatic heterocycles. The van der Waals surface area contributed by atoms with Gasteiger partial charge >= 0.3 is 0 Å². The number of carbonyl (C=O) groups excluding carboxylic acids is 2. The van der Waals surface area contributed by atoms with Gasteiger partial charge in [-0.3, -0.25) is 19.7 Å². The molecular formula is C35H46FN5O7S. The van der Waals surface area contributed by atoms with Gasteiger partial charge < -0.3 is 21.1 Å². The number of non-ortho nitro benzene ring substituents is 1. The number of nitro groups is 1. The molecule has 0 fully saturated rings. The lowest BCUT2D eigenvalue weighted by Gasteiger charge is -2.34. The van der Waals surface area contributed by atoms with Gasteiger partial charge in [0.2, 0.25) is 21.8 Å². The van der Waals surface area contributed by atoms with Crippen LogP contribution in [0, 0.1) is 27.3 Å². The highest BCUT2D eigenvalue weighted by Crippen LogP contribution is 2.24. The van der Waals surface area contributed by atoms with Crippen molar-refractivity contribution < 1.29 is 32.4 Å². The van der Waals surface area contributed by atoms with Crippen LogP contribution in [0.25, 0.3) is 0 Å². The van der Waals surface area contributed by atoms with E-state index < -0.39 is 62.7 Å². The molecule has 266 valence electrons. The monoisotopic (exact) mass is 699 g/mol. The first kappa shape index (κ1) is 39.2. The van der Waals surface area contributed by atoms with Crippen LogP contribution in [-0.2, 0) is 32.6 Å². The number of carbonyl (C=O) groups is 2. The molecule has 3 atom stereocenters. The molecule has 0 saturated carbocycles. The number of benzene rings is 3. The fraction of sp³-hybridized carbons (Fsp3) is 0.429. The molecule has 0 spiro atoms. The van der Waals surface area contributed by atoms with Crippen LogP contribution >= 0.6 is 0 Å². The third-order valence-corrected chi connectivity index (χ3v) is 9.48. The summed E-state index contributed by atoms with van der Waals surface area (Å²) < 4.78 is 42.1. The van der Waals surface area contributed by atoms with E-state index >= 15 is 0 Å². The molecule has 12 nitrogen and oxygen atoms in total. The summed E-state index contributed by atoms with van der Waals surface area (Å²) in [6.45, 7) is 8.59. The van der Waals surface area contributed by atoms with Crippen LogP contribution in [0.5, 0.6) is 0 Å². The van der Waals surface area contributed by atoms with E-state index in [-0.39, 0.29) is 42.6 Å². The van der Waals surface area contributed by atoms with Crippen LogP contribution in [0.2, 0.25) is 0 Å². The number of nitro benzene ring substituents is 1. The van der Waals surface area contributed by atoms with E-state index in [9.17, 15) is 37.6 Å². The number of nitrogens with one attached hydrogen (secondary N) is 3. The molecule has 14 heteroatoms. The van der Waals surface area contributed by atoms with E-state index in [1.807, 2.05) is 18.2 Å². The number of aliphatic hydroxyl groups is 1. The normalized spacial score (nSPS) is 13.9. The van der Waals surface area contributed by atoms with Crippen molar-refractivity contribution in [2.45, 2.75) is 70.7 Å². The number of sulfonamides is 1. The Morgan fingerprint density at radius 1 is 0.939 bits per heavy atom. The summed E-state index contributed by atoms with van der Waals surface area (Å²) in [6, 6.07) is 17.7. The van der Waals surface area contributed by atoms with Crippen molar-refractivity contribution in [3.05, 3.63) is 106 Å².